The highest BCUT2D eigenvalue weighted by molar-refractivity contribution is 8.00. The Morgan fingerprint density at radius 1 is 1.42 bits per heavy atom. The number of carbonyl (C=O) groups is 1. The lowest BCUT2D eigenvalue weighted by Crippen LogP contribution is -2.42. The Morgan fingerprint density at radius 2 is 2.16 bits per heavy atom. The van der Waals surface area contributed by atoms with Gasteiger partial charge in [0.05, 0.1) is 0 Å². The lowest BCUT2D eigenvalue weighted by atomic mass is 9.89. The van der Waals surface area contributed by atoms with Crippen LogP contribution in [-0.4, -0.2) is 41.3 Å². The number of nitrogens with one attached hydrogen (secondary N) is 2. The first-order valence-electron chi connectivity index (χ1n) is 7.13. The molecule has 3 N–H and O–H groups in total. The van der Waals surface area contributed by atoms with Crippen LogP contribution in [-0.2, 0) is 0 Å². The smallest absolute Gasteiger partial charge is 0.314 e. The maximum Gasteiger partial charge on any atom is 0.314 e. The molecule has 0 aromatic carbocycles. The van der Waals surface area contributed by atoms with Crippen LogP contribution in [0.15, 0.2) is 0 Å². The molecule has 0 aliphatic carbocycles. The minimum absolute atomic E-state index is 0.0495. The molecule has 1 heterocycles. The largest absolute Gasteiger partial charge is 0.396 e. The number of aliphatic hydroxyl groups excluding tert-OH is 1. The second-order valence-electron chi connectivity index (χ2n) is 6.44. The standard InChI is InChI=1S/C14H28N2O2S/c1-13(2,11-17)6-4-8-15-12(18)16-10-14(3)7-5-9-19-14/h17H,4-11H2,1-3H3,(H2,15,16,18). The monoisotopic (exact) mass is 288 g/mol. The molecule has 0 aromatic heterocycles. The fourth-order valence-corrected chi connectivity index (χ4v) is 3.40. The summed E-state index contributed by atoms with van der Waals surface area (Å²) in [6, 6.07) is -0.0736. The number of carbonyl (C=O) groups excluding carboxylic acids is 1. The third kappa shape index (κ3) is 6.52. The molecule has 4 nitrogen and oxygen atoms in total. The zero-order valence-corrected chi connectivity index (χ0v) is 13.2. The second kappa shape index (κ2) is 7.39. The van der Waals surface area contributed by atoms with E-state index in [4.69, 9.17) is 5.11 Å². The van der Waals surface area contributed by atoms with Crippen LogP contribution in [0.2, 0.25) is 0 Å². The SMILES string of the molecule is CC(C)(CO)CCCNC(=O)NCC1(C)CCCS1. The van der Waals surface area contributed by atoms with E-state index >= 15 is 0 Å². The van der Waals surface area contributed by atoms with Crippen LogP contribution in [0.5, 0.6) is 0 Å². The molecule has 1 rings (SSSR count). The Labute approximate surface area is 121 Å². The van der Waals surface area contributed by atoms with Gasteiger partial charge in [-0.1, -0.05) is 13.8 Å². The third-order valence-corrected chi connectivity index (χ3v) is 5.21. The number of urea groups is 1. The van der Waals surface area contributed by atoms with Crippen LogP contribution >= 0.6 is 11.8 Å². The van der Waals surface area contributed by atoms with Gasteiger partial charge in [-0.2, -0.15) is 11.8 Å². The van der Waals surface area contributed by atoms with E-state index in [0.29, 0.717) is 6.54 Å². The highest BCUT2D eigenvalue weighted by atomic mass is 32.2. The number of hydrogen-bond donors (Lipinski definition) is 3. The van der Waals surface area contributed by atoms with Crippen molar-refractivity contribution in [2.24, 2.45) is 5.41 Å². The maximum atomic E-state index is 11.7. The number of aliphatic hydroxyl groups is 1. The van der Waals surface area contributed by atoms with Crippen LogP contribution in [0, 0.1) is 5.41 Å². The van der Waals surface area contributed by atoms with Crippen molar-refractivity contribution in [1.82, 2.24) is 10.6 Å². The van der Waals surface area contributed by atoms with E-state index in [1.165, 1.54) is 18.6 Å². The number of hydrogen-bond acceptors (Lipinski definition) is 3. The summed E-state index contributed by atoms with van der Waals surface area (Å²) in [5.41, 5.74) is -0.0495. The summed E-state index contributed by atoms with van der Waals surface area (Å²) in [7, 11) is 0. The Kier molecular flexibility index (Phi) is 6.47. The van der Waals surface area contributed by atoms with Crippen molar-refractivity contribution < 1.29 is 9.90 Å². The predicted molar refractivity (Wildman–Crippen MR) is 81.6 cm³/mol. The van der Waals surface area contributed by atoms with E-state index < -0.39 is 0 Å². The number of thioether (sulfide) groups is 1. The van der Waals surface area contributed by atoms with Crippen molar-refractivity contribution in [3.05, 3.63) is 0 Å². The molecule has 112 valence electrons. The van der Waals surface area contributed by atoms with Crippen molar-refractivity contribution in [3.63, 3.8) is 0 Å². The minimum atomic E-state index is -0.0736. The summed E-state index contributed by atoms with van der Waals surface area (Å²) in [5, 5.41) is 15.0. The molecule has 1 fully saturated rings. The lowest BCUT2D eigenvalue weighted by molar-refractivity contribution is 0.148. The Hall–Kier alpha value is -0.420. The summed E-state index contributed by atoms with van der Waals surface area (Å²) in [5.74, 6) is 1.20. The summed E-state index contributed by atoms with van der Waals surface area (Å²) < 4.78 is 0.218. The Bertz CT molecular complexity index is 289. The van der Waals surface area contributed by atoms with Gasteiger partial charge in [0.1, 0.15) is 0 Å². The lowest BCUT2D eigenvalue weighted by Gasteiger charge is -2.23. The highest BCUT2D eigenvalue weighted by Crippen LogP contribution is 2.36. The molecule has 0 bridgehead atoms. The molecule has 1 aliphatic heterocycles. The van der Waals surface area contributed by atoms with Crippen LogP contribution in [0.1, 0.15) is 46.5 Å². The number of amides is 2. The first-order valence-corrected chi connectivity index (χ1v) is 8.12. The van der Waals surface area contributed by atoms with Crippen LogP contribution < -0.4 is 10.6 Å². The van der Waals surface area contributed by atoms with Gasteiger partial charge in [-0.05, 0) is 43.8 Å². The first-order chi connectivity index (χ1) is 8.87. The van der Waals surface area contributed by atoms with Crippen molar-refractivity contribution >= 4 is 17.8 Å². The topological polar surface area (TPSA) is 61.4 Å². The Balaban J connectivity index is 2.08. The van der Waals surface area contributed by atoms with E-state index in [0.717, 1.165) is 19.4 Å². The Morgan fingerprint density at radius 3 is 2.74 bits per heavy atom. The van der Waals surface area contributed by atoms with E-state index in [2.05, 4.69) is 17.6 Å². The van der Waals surface area contributed by atoms with Crippen molar-refractivity contribution in [1.29, 1.82) is 0 Å². The van der Waals surface area contributed by atoms with Gasteiger partial charge in [0.25, 0.3) is 0 Å². The second-order valence-corrected chi connectivity index (χ2v) is 8.12. The van der Waals surface area contributed by atoms with Crippen molar-refractivity contribution in [3.8, 4) is 0 Å². The molecule has 1 atom stereocenters. The average molecular weight is 288 g/mol. The van der Waals surface area contributed by atoms with Crippen LogP contribution in [0.4, 0.5) is 4.79 Å². The highest BCUT2D eigenvalue weighted by Gasteiger charge is 2.29. The summed E-state index contributed by atoms with van der Waals surface area (Å²) in [6.45, 7) is 7.88. The van der Waals surface area contributed by atoms with E-state index in [9.17, 15) is 4.79 Å². The van der Waals surface area contributed by atoms with Gasteiger partial charge >= 0.3 is 6.03 Å². The quantitative estimate of drug-likeness (QED) is 0.630. The normalized spacial score (nSPS) is 23.4. The molecular weight excluding hydrogens is 260 g/mol. The average Bonchev–Trinajstić information content (AvgIpc) is 2.80. The van der Waals surface area contributed by atoms with Gasteiger partial charge in [-0.3, -0.25) is 0 Å². The molecule has 0 radical (unpaired) electrons. The predicted octanol–water partition coefficient (Wildman–Crippen LogP) is 2.37. The van der Waals surface area contributed by atoms with Crippen LogP contribution in [0.3, 0.4) is 0 Å². The molecule has 1 aliphatic rings. The molecule has 0 saturated carbocycles. The molecule has 19 heavy (non-hydrogen) atoms. The molecule has 0 spiro atoms. The number of rotatable bonds is 7. The maximum absolute atomic E-state index is 11.7. The minimum Gasteiger partial charge on any atom is -0.396 e. The fraction of sp³-hybridized carbons (Fsp3) is 0.929. The van der Waals surface area contributed by atoms with Crippen LogP contribution in [0.25, 0.3) is 0 Å². The van der Waals surface area contributed by atoms with Gasteiger partial charge in [0.15, 0.2) is 0 Å². The summed E-state index contributed by atoms with van der Waals surface area (Å²) in [6.07, 6.45) is 4.24. The molecule has 5 heteroatoms. The van der Waals surface area contributed by atoms with Crippen molar-refractivity contribution in [2.75, 3.05) is 25.4 Å². The zero-order valence-electron chi connectivity index (χ0n) is 12.4. The molecule has 1 saturated heterocycles. The van der Waals surface area contributed by atoms with Gasteiger partial charge in [-0.25, -0.2) is 4.79 Å². The van der Waals surface area contributed by atoms with Gasteiger partial charge in [-0.15, -0.1) is 0 Å². The van der Waals surface area contributed by atoms with E-state index in [-0.39, 0.29) is 22.8 Å². The molecule has 0 aromatic rings. The molecule has 2 amide bonds. The zero-order chi connectivity index (χ0) is 14.4. The molecular formula is C14H28N2O2S. The third-order valence-electron chi connectivity index (χ3n) is 3.67. The van der Waals surface area contributed by atoms with Gasteiger partial charge in [0, 0.05) is 24.4 Å². The van der Waals surface area contributed by atoms with E-state index in [1.807, 2.05) is 25.6 Å². The first kappa shape index (κ1) is 16.6. The molecule has 1 unspecified atom stereocenters. The summed E-state index contributed by atoms with van der Waals surface area (Å²) in [4.78, 5) is 11.7. The summed E-state index contributed by atoms with van der Waals surface area (Å²) >= 11 is 1.95. The van der Waals surface area contributed by atoms with Crippen molar-refractivity contribution in [2.45, 2.75) is 51.2 Å². The van der Waals surface area contributed by atoms with Gasteiger partial charge in [0.2, 0.25) is 0 Å². The van der Waals surface area contributed by atoms with Gasteiger partial charge < -0.3 is 15.7 Å². The fourth-order valence-electron chi connectivity index (χ4n) is 2.15. The van der Waals surface area contributed by atoms with E-state index in [1.54, 1.807) is 0 Å².